The van der Waals surface area contributed by atoms with Gasteiger partial charge in [-0.3, -0.25) is 14.9 Å². The van der Waals surface area contributed by atoms with Gasteiger partial charge in [-0.15, -0.1) is 10.2 Å². The van der Waals surface area contributed by atoms with Gasteiger partial charge in [-0.25, -0.2) is 0 Å². The maximum Gasteiger partial charge on any atom is 0.276 e. The van der Waals surface area contributed by atoms with Crippen LogP contribution in [0.4, 0.5) is 11.4 Å². The molecular formula is C22H21N5O3. The van der Waals surface area contributed by atoms with Crippen molar-refractivity contribution in [1.29, 1.82) is 0 Å². The van der Waals surface area contributed by atoms with Crippen LogP contribution in [0.15, 0.2) is 54.6 Å². The zero-order valence-electron chi connectivity index (χ0n) is 16.3. The fraction of sp³-hybridized carbons (Fsp3) is 0.227. The van der Waals surface area contributed by atoms with E-state index < -0.39 is 4.92 Å². The van der Waals surface area contributed by atoms with E-state index in [1.807, 2.05) is 24.3 Å². The number of aromatic nitrogens is 3. The molecular weight excluding hydrogens is 382 g/mol. The quantitative estimate of drug-likeness (QED) is 0.390. The Morgan fingerprint density at radius 3 is 2.67 bits per heavy atom. The van der Waals surface area contributed by atoms with Crippen molar-refractivity contribution in [2.75, 3.05) is 5.32 Å². The summed E-state index contributed by atoms with van der Waals surface area (Å²) in [6.45, 7) is 0.923. The number of carbonyl (C=O) groups is 1. The fourth-order valence-electron chi connectivity index (χ4n) is 3.55. The van der Waals surface area contributed by atoms with Crippen molar-refractivity contribution < 1.29 is 9.72 Å². The lowest BCUT2D eigenvalue weighted by atomic mass is 10.1. The molecule has 0 radical (unpaired) electrons. The number of nitro groups is 1. The molecule has 4 rings (SSSR count). The molecule has 1 aromatic heterocycles. The van der Waals surface area contributed by atoms with Crippen LogP contribution in [0, 0.1) is 10.1 Å². The topological polar surface area (TPSA) is 103 Å². The monoisotopic (exact) mass is 403 g/mol. The second kappa shape index (κ2) is 8.69. The fourth-order valence-corrected chi connectivity index (χ4v) is 3.55. The van der Waals surface area contributed by atoms with Crippen molar-refractivity contribution in [2.45, 2.75) is 32.2 Å². The van der Waals surface area contributed by atoms with E-state index in [-0.39, 0.29) is 11.6 Å². The Balaban J connectivity index is 1.45. The molecule has 2 aromatic carbocycles. The van der Waals surface area contributed by atoms with Crippen molar-refractivity contribution in [3.63, 3.8) is 0 Å². The number of hydrogen-bond acceptors (Lipinski definition) is 5. The molecule has 0 bridgehead atoms. The van der Waals surface area contributed by atoms with E-state index >= 15 is 0 Å². The first-order valence-corrected chi connectivity index (χ1v) is 9.87. The van der Waals surface area contributed by atoms with Gasteiger partial charge in [-0.1, -0.05) is 18.6 Å². The third kappa shape index (κ3) is 4.27. The van der Waals surface area contributed by atoms with E-state index in [0.29, 0.717) is 11.3 Å². The summed E-state index contributed by atoms with van der Waals surface area (Å²) in [5.41, 5.74) is 1.91. The Kier molecular flexibility index (Phi) is 5.65. The standard InChI is InChI=1S/C22H21N5O3/c28-21(14-11-16-6-3-4-7-19(16)27(29)30)23-18-12-9-17(10-13-18)22-25-24-20-8-2-1-5-15-26(20)22/h3-4,6-7,9-14H,1-2,5,8,15H2,(H,23,28)/b14-11+. The number of anilines is 1. The Morgan fingerprint density at radius 1 is 1.07 bits per heavy atom. The summed E-state index contributed by atoms with van der Waals surface area (Å²) in [5, 5.41) is 22.5. The molecule has 0 spiro atoms. The number of amides is 1. The van der Waals surface area contributed by atoms with Crippen LogP contribution >= 0.6 is 0 Å². The van der Waals surface area contributed by atoms with E-state index in [1.165, 1.54) is 24.6 Å². The lowest BCUT2D eigenvalue weighted by Crippen LogP contribution is -2.08. The minimum Gasteiger partial charge on any atom is -0.323 e. The molecule has 0 saturated carbocycles. The number of aryl methyl sites for hydroxylation is 1. The van der Waals surface area contributed by atoms with Gasteiger partial charge in [0.05, 0.1) is 10.5 Å². The number of rotatable bonds is 5. The van der Waals surface area contributed by atoms with Crippen molar-refractivity contribution >= 4 is 23.4 Å². The van der Waals surface area contributed by atoms with Gasteiger partial charge in [0.15, 0.2) is 5.82 Å². The van der Waals surface area contributed by atoms with Crippen molar-refractivity contribution in [1.82, 2.24) is 14.8 Å². The van der Waals surface area contributed by atoms with Crippen LogP contribution in [0.5, 0.6) is 0 Å². The predicted molar refractivity (Wildman–Crippen MR) is 114 cm³/mol. The molecule has 1 N–H and O–H groups in total. The van der Waals surface area contributed by atoms with Gasteiger partial charge in [0, 0.05) is 36.4 Å². The number of fused-ring (bicyclic) bond motifs is 1. The van der Waals surface area contributed by atoms with Crippen LogP contribution in [0.1, 0.15) is 30.7 Å². The number of nitrogens with one attached hydrogen (secondary N) is 1. The van der Waals surface area contributed by atoms with Crippen LogP contribution in [0.3, 0.4) is 0 Å². The molecule has 0 unspecified atom stereocenters. The van der Waals surface area contributed by atoms with Crippen molar-refractivity contribution in [2.24, 2.45) is 0 Å². The summed E-state index contributed by atoms with van der Waals surface area (Å²) in [6.07, 6.45) is 7.14. The lowest BCUT2D eigenvalue weighted by Gasteiger charge is -2.08. The highest BCUT2D eigenvalue weighted by Gasteiger charge is 2.16. The first-order valence-electron chi connectivity index (χ1n) is 9.87. The number of para-hydroxylation sites is 1. The van der Waals surface area contributed by atoms with Gasteiger partial charge in [0.25, 0.3) is 5.69 Å². The highest BCUT2D eigenvalue weighted by Crippen LogP contribution is 2.24. The molecule has 1 aliphatic rings. The SMILES string of the molecule is O=C(/C=C/c1ccccc1[N+](=O)[O-])Nc1ccc(-c2nnc3n2CCCCC3)cc1. The first-order chi connectivity index (χ1) is 14.6. The largest absolute Gasteiger partial charge is 0.323 e. The maximum absolute atomic E-state index is 12.2. The van der Waals surface area contributed by atoms with E-state index in [9.17, 15) is 14.9 Å². The Bertz CT molecular complexity index is 1100. The normalized spacial score (nSPS) is 13.6. The number of benzene rings is 2. The number of nitro benzene ring substituents is 1. The van der Waals surface area contributed by atoms with E-state index in [0.717, 1.165) is 43.0 Å². The molecule has 30 heavy (non-hydrogen) atoms. The summed E-state index contributed by atoms with van der Waals surface area (Å²) in [5.74, 6) is 1.51. The average Bonchev–Trinajstić information content (AvgIpc) is 3.01. The molecule has 0 atom stereocenters. The van der Waals surface area contributed by atoms with Gasteiger partial charge < -0.3 is 9.88 Å². The highest BCUT2D eigenvalue weighted by molar-refractivity contribution is 6.02. The molecule has 0 fully saturated rings. The Labute approximate surface area is 173 Å². The smallest absolute Gasteiger partial charge is 0.276 e. The van der Waals surface area contributed by atoms with E-state index in [1.54, 1.807) is 18.2 Å². The predicted octanol–water partition coefficient (Wildman–Crippen LogP) is 4.23. The molecule has 0 saturated heterocycles. The minimum absolute atomic E-state index is 0.0432. The molecule has 0 aliphatic carbocycles. The zero-order chi connectivity index (χ0) is 20.9. The van der Waals surface area contributed by atoms with E-state index in [4.69, 9.17) is 0 Å². The first kappa shape index (κ1) is 19.5. The number of hydrogen-bond donors (Lipinski definition) is 1. The van der Waals surface area contributed by atoms with Gasteiger partial charge in [-0.2, -0.15) is 0 Å². The van der Waals surface area contributed by atoms with Crippen LogP contribution in [-0.2, 0) is 17.8 Å². The summed E-state index contributed by atoms with van der Waals surface area (Å²) in [4.78, 5) is 22.8. The van der Waals surface area contributed by atoms with Crippen LogP contribution in [-0.4, -0.2) is 25.6 Å². The molecule has 152 valence electrons. The summed E-state index contributed by atoms with van der Waals surface area (Å²) < 4.78 is 2.18. The van der Waals surface area contributed by atoms with Crippen LogP contribution in [0.2, 0.25) is 0 Å². The number of carbonyl (C=O) groups excluding carboxylic acids is 1. The molecule has 2 heterocycles. The van der Waals surface area contributed by atoms with Crippen LogP contribution in [0.25, 0.3) is 17.5 Å². The third-order valence-corrected chi connectivity index (χ3v) is 5.07. The Hall–Kier alpha value is -3.81. The molecule has 1 amide bonds. The molecule has 8 heteroatoms. The van der Waals surface area contributed by atoms with Crippen molar-refractivity contribution in [3.8, 4) is 11.4 Å². The van der Waals surface area contributed by atoms with Gasteiger partial charge in [-0.05, 0) is 49.2 Å². The van der Waals surface area contributed by atoms with Crippen LogP contribution < -0.4 is 5.32 Å². The maximum atomic E-state index is 12.2. The highest BCUT2D eigenvalue weighted by atomic mass is 16.6. The molecule has 8 nitrogen and oxygen atoms in total. The average molecular weight is 403 g/mol. The zero-order valence-corrected chi connectivity index (χ0v) is 16.3. The second-order valence-electron chi connectivity index (χ2n) is 7.12. The van der Waals surface area contributed by atoms with Gasteiger partial charge in [0.2, 0.25) is 5.91 Å². The molecule has 1 aliphatic heterocycles. The lowest BCUT2D eigenvalue weighted by molar-refractivity contribution is -0.385. The van der Waals surface area contributed by atoms with Gasteiger partial charge >= 0.3 is 0 Å². The Morgan fingerprint density at radius 2 is 1.87 bits per heavy atom. The van der Waals surface area contributed by atoms with Crippen molar-refractivity contribution in [3.05, 3.63) is 76.1 Å². The third-order valence-electron chi connectivity index (χ3n) is 5.07. The summed E-state index contributed by atoms with van der Waals surface area (Å²) in [7, 11) is 0. The minimum atomic E-state index is -0.471. The second-order valence-corrected chi connectivity index (χ2v) is 7.12. The summed E-state index contributed by atoms with van der Waals surface area (Å²) in [6, 6.07) is 13.7. The van der Waals surface area contributed by atoms with E-state index in [2.05, 4.69) is 20.1 Å². The number of nitrogens with zero attached hydrogens (tertiary/aromatic N) is 4. The van der Waals surface area contributed by atoms with Gasteiger partial charge in [0.1, 0.15) is 5.82 Å². The summed E-state index contributed by atoms with van der Waals surface area (Å²) >= 11 is 0. The molecule has 3 aromatic rings.